The highest BCUT2D eigenvalue weighted by molar-refractivity contribution is 5.96. The van der Waals surface area contributed by atoms with Crippen LogP contribution in [0.2, 0.25) is 0 Å². The highest BCUT2D eigenvalue weighted by Gasteiger charge is 2.23. The number of aryl methyl sites for hydroxylation is 1. The molecule has 3 amide bonds. The number of aromatic nitrogens is 2. The molecule has 2 aromatic heterocycles. The lowest BCUT2D eigenvalue weighted by atomic mass is 10.2. The Bertz CT molecular complexity index is 1050. The number of carbonyl (C=O) groups is 2. The van der Waals surface area contributed by atoms with Crippen molar-refractivity contribution in [2.75, 3.05) is 20.6 Å². The normalized spacial score (nSPS) is 13.5. The molecule has 8 heteroatoms. The van der Waals surface area contributed by atoms with Crippen LogP contribution in [0.15, 0.2) is 34.7 Å². The maximum Gasteiger partial charge on any atom is 0.319 e. The van der Waals surface area contributed by atoms with Crippen molar-refractivity contribution in [3.63, 3.8) is 0 Å². The summed E-state index contributed by atoms with van der Waals surface area (Å²) in [5.41, 5.74) is 3.45. The van der Waals surface area contributed by atoms with Gasteiger partial charge in [0.1, 0.15) is 5.58 Å². The Morgan fingerprint density at radius 3 is 2.82 bits per heavy atom. The minimum atomic E-state index is -0.272. The Morgan fingerprint density at radius 1 is 1.25 bits per heavy atom. The zero-order valence-corrected chi connectivity index (χ0v) is 16.2. The molecule has 4 rings (SSSR count). The van der Waals surface area contributed by atoms with Gasteiger partial charge in [0.05, 0.1) is 31.0 Å². The SMILES string of the molecule is Cc1cccc2cc(C(=O)NCc3cc4n(n3)CCN(C(=O)N(C)C)C4)oc12. The number of amides is 3. The van der Waals surface area contributed by atoms with Crippen LogP contribution >= 0.6 is 0 Å². The summed E-state index contributed by atoms with van der Waals surface area (Å²) in [6.07, 6.45) is 0. The third-order valence-corrected chi connectivity index (χ3v) is 4.90. The number of para-hydroxylation sites is 1. The molecule has 0 unspecified atom stereocenters. The van der Waals surface area contributed by atoms with Crippen molar-refractivity contribution in [3.05, 3.63) is 53.0 Å². The molecule has 0 atom stereocenters. The third kappa shape index (κ3) is 3.33. The van der Waals surface area contributed by atoms with Gasteiger partial charge in [-0.3, -0.25) is 9.48 Å². The lowest BCUT2D eigenvalue weighted by Crippen LogP contribution is -2.43. The van der Waals surface area contributed by atoms with Crippen LogP contribution in [0.25, 0.3) is 11.0 Å². The minimum Gasteiger partial charge on any atom is -0.451 e. The molecule has 0 saturated carbocycles. The molecule has 1 aliphatic heterocycles. The first-order valence-electron chi connectivity index (χ1n) is 9.21. The summed E-state index contributed by atoms with van der Waals surface area (Å²) < 4.78 is 7.60. The van der Waals surface area contributed by atoms with Crippen LogP contribution in [0.4, 0.5) is 4.79 Å². The zero-order valence-electron chi connectivity index (χ0n) is 16.2. The molecule has 0 aliphatic carbocycles. The smallest absolute Gasteiger partial charge is 0.319 e. The van der Waals surface area contributed by atoms with Crippen molar-refractivity contribution in [2.24, 2.45) is 0 Å². The van der Waals surface area contributed by atoms with Crippen LogP contribution in [-0.2, 0) is 19.6 Å². The van der Waals surface area contributed by atoms with E-state index in [-0.39, 0.29) is 17.7 Å². The van der Waals surface area contributed by atoms with Crippen LogP contribution in [0.5, 0.6) is 0 Å². The molecule has 3 heterocycles. The number of furan rings is 1. The van der Waals surface area contributed by atoms with E-state index in [9.17, 15) is 9.59 Å². The molecule has 8 nitrogen and oxygen atoms in total. The Balaban J connectivity index is 1.42. The molecule has 0 fully saturated rings. The molecule has 1 aromatic carbocycles. The highest BCUT2D eigenvalue weighted by atomic mass is 16.3. The van der Waals surface area contributed by atoms with Gasteiger partial charge in [-0.05, 0) is 24.6 Å². The third-order valence-electron chi connectivity index (χ3n) is 4.90. The van der Waals surface area contributed by atoms with Gasteiger partial charge in [-0.15, -0.1) is 0 Å². The zero-order chi connectivity index (χ0) is 19.8. The van der Waals surface area contributed by atoms with Gasteiger partial charge in [0.25, 0.3) is 5.91 Å². The second-order valence-electron chi connectivity index (χ2n) is 7.24. The van der Waals surface area contributed by atoms with Crippen LogP contribution in [0.1, 0.15) is 27.5 Å². The number of nitrogens with one attached hydrogen (secondary N) is 1. The summed E-state index contributed by atoms with van der Waals surface area (Å²) in [5.74, 6) is 0.0158. The van der Waals surface area contributed by atoms with Gasteiger partial charge in [-0.1, -0.05) is 18.2 Å². The fourth-order valence-corrected chi connectivity index (χ4v) is 3.44. The first kappa shape index (κ1) is 18.1. The lowest BCUT2D eigenvalue weighted by Gasteiger charge is -2.29. The molecular weight excluding hydrogens is 358 g/mol. The van der Waals surface area contributed by atoms with Gasteiger partial charge in [-0.25, -0.2) is 4.79 Å². The number of rotatable bonds is 3. The standard InChI is InChI=1S/C20H23N5O3/c1-13-5-4-6-14-9-17(28-18(13)14)19(26)21-11-15-10-16-12-24(20(27)23(2)3)7-8-25(16)22-15/h4-6,9-10H,7-8,11-12H2,1-3H3,(H,21,26). The van der Waals surface area contributed by atoms with Crippen LogP contribution < -0.4 is 5.32 Å². The first-order valence-corrected chi connectivity index (χ1v) is 9.21. The van der Waals surface area contributed by atoms with E-state index in [0.29, 0.717) is 26.2 Å². The monoisotopic (exact) mass is 381 g/mol. The maximum absolute atomic E-state index is 12.5. The molecule has 3 aromatic rings. The summed E-state index contributed by atoms with van der Waals surface area (Å²) in [4.78, 5) is 28.0. The Morgan fingerprint density at radius 2 is 2.07 bits per heavy atom. The molecule has 0 radical (unpaired) electrons. The fourth-order valence-electron chi connectivity index (χ4n) is 3.44. The summed E-state index contributed by atoms with van der Waals surface area (Å²) in [7, 11) is 3.49. The van der Waals surface area contributed by atoms with Gasteiger partial charge in [0.2, 0.25) is 0 Å². The van der Waals surface area contributed by atoms with Crippen LogP contribution in [-0.4, -0.2) is 52.2 Å². The largest absolute Gasteiger partial charge is 0.451 e. The number of fused-ring (bicyclic) bond motifs is 2. The lowest BCUT2D eigenvalue weighted by molar-refractivity contribution is 0.0924. The molecule has 0 bridgehead atoms. The van der Waals surface area contributed by atoms with E-state index in [4.69, 9.17) is 4.42 Å². The average molecular weight is 381 g/mol. The number of benzene rings is 1. The molecular formula is C20H23N5O3. The molecule has 146 valence electrons. The van der Waals surface area contributed by atoms with Crippen molar-refractivity contribution in [2.45, 2.75) is 26.6 Å². The van der Waals surface area contributed by atoms with Crippen LogP contribution in [0.3, 0.4) is 0 Å². The molecule has 1 N–H and O–H groups in total. The fraction of sp³-hybridized carbons (Fsp3) is 0.350. The van der Waals surface area contributed by atoms with Crippen molar-refractivity contribution >= 4 is 22.9 Å². The number of hydrogen-bond donors (Lipinski definition) is 1. The van der Waals surface area contributed by atoms with Gasteiger partial charge in [0.15, 0.2) is 5.76 Å². The van der Waals surface area contributed by atoms with Crippen molar-refractivity contribution < 1.29 is 14.0 Å². The van der Waals surface area contributed by atoms with Gasteiger partial charge in [0, 0.05) is 26.0 Å². The quantitative estimate of drug-likeness (QED) is 0.755. The predicted octanol–water partition coefficient (Wildman–Crippen LogP) is 2.36. The maximum atomic E-state index is 12.5. The van der Waals surface area contributed by atoms with Gasteiger partial charge < -0.3 is 19.5 Å². The van der Waals surface area contributed by atoms with Crippen molar-refractivity contribution in [1.82, 2.24) is 24.9 Å². The highest BCUT2D eigenvalue weighted by Crippen LogP contribution is 2.22. The van der Waals surface area contributed by atoms with E-state index >= 15 is 0 Å². The predicted molar refractivity (Wildman–Crippen MR) is 104 cm³/mol. The van der Waals surface area contributed by atoms with E-state index in [1.54, 1.807) is 30.0 Å². The summed E-state index contributed by atoms with van der Waals surface area (Å²) >= 11 is 0. The van der Waals surface area contributed by atoms with Gasteiger partial charge >= 0.3 is 6.03 Å². The molecule has 1 aliphatic rings. The van der Waals surface area contributed by atoms with E-state index < -0.39 is 0 Å². The second-order valence-corrected chi connectivity index (χ2v) is 7.24. The van der Waals surface area contributed by atoms with E-state index in [1.807, 2.05) is 35.9 Å². The topological polar surface area (TPSA) is 83.6 Å². The number of carbonyl (C=O) groups excluding carboxylic acids is 2. The van der Waals surface area contributed by atoms with Gasteiger partial charge in [-0.2, -0.15) is 5.10 Å². The first-order chi connectivity index (χ1) is 13.4. The molecule has 28 heavy (non-hydrogen) atoms. The Kier molecular flexibility index (Phi) is 4.54. The van der Waals surface area contributed by atoms with Crippen molar-refractivity contribution in [3.8, 4) is 0 Å². The summed E-state index contributed by atoms with van der Waals surface area (Å²) in [5, 5.41) is 8.30. The number of hydrogen-bond acceptors (Lipinski definition) is 4. The van der Waals surface area contributed by atoms with E-state index in [1.165, 1.54) is 0 Å². The van der Waals surface area contributed by atoms with E-state index in [2.05, 4.69) is 10.4 Å². The second kappa shape index (κ2) is 7.03. The summed E-state index contributed by atoms with van der Waals surface area (Å²) in [6.45, 7) is 4.03. The molecule has 0 saturated heterocycles. The number of nitrogens with zero attached hydrogens (tertiary/aromatic N) is 4. The Labute approximate surface area is 162 Å². The van der Waals surface area contributed by atoms with Crippen molar-refractivity contribution in [1.29, 1.82) is 0 Å². The molecule has 0 spiro atoms. The summed E-state index contributed by atoms with van der Waals surface area (Å²) in [6, 6.07) is 9.48. The number of urea groups is 1. The minimum absolute atomic E-state index is 0.0116. The van der Waals surface area contributed by atoms with Crippen LogP contribution in [0, 0.1) is 6.92 Å². The average Bonchev–Trinajstić information content (AvgIpc) is 3.29. The Hall–Kier alpha value is -3.29. The van der Waals surface area contributed by atoms with E-state index in [0.717, 1.165) is 27.9 Å².